The van der Waals surface area contributed by atoms with E-state index in [0.29, 0.717) is 13.1 Å². The van der Waals surface area contributed by atoms with Gasteiger partial charge >= 0.3 is 0 Å². The van der Waals surface area contributed by atoms with E-state index in [-0.39, 0.29) is 11.5 Å². The molecule has 1 heterocycles. The molecule has 4 nitrogen and oxygen atoms in total. The van der Waals surface area contributed by atoms with Gasteiger partial charge in [0.05, 0.1) is 12.3 Å². The van der Waals surface area contributed by atoms with Crippen LogP contribution in [0.1, 0.15) is 25.4 Å². The molecule has 0 aliphatic carbocycles. The summed E-state index contributed by atoms with van der Waals surface area (Å²) in [5.41, 5.74) is 0. The quantitative estimate of drug-likeness (QED) is 0.737. The number of aryl methyl sites for hydroxylation is 1. The van der Waals surface area contributed by atoms with Crippen LogP contribution in [0.5, 0.6) is 0 Å². The van der Waals surface area contributed by atoms with E-state index in [1.165, 1.54) is 0 Å². The molecule has 0 fully saturated rings. The summed E-state index contributed by atoms with van der Waals surface area (Å²) < 4.78 is 27.9. The lowest BCUT2D eigenvalue weighted by Gasteiger charge is -2.02. The summed E-state index contributed by atoms with van der Waals surface area (Å²) in [6, 6.07) is 3.86. The van der Waals surface area contributed by atoms with Crippen LogP contribution in [0.25, 0.3) is 0 Å². The average Bonchev–Trinajstić information content (AvgIpc) is 2.72. The second kappa shape index (κ2) is 6.06. The average molecular weight is 245 g/mol. The largest absolute Gasteiger partial charge is 0.465 e. The zero-order valence-electron chi connectivity index (χ0n) is 9.82. The first-order chi connectivity index (χ1) is 7.57. The first-order valence-corrected chi connectivity index (χ1v) is 7.38. The first-order valence-electron chi connectivity index (χ1n) is 5.56. The molecule has 0 aliphatic rings. The Kier molecular flexibility index (Phi) is 5.02. The van der Waals surface area contributed by atoms with Crippen LogP contribution < -0.4 is 5.32 Å². The first kappa shape index (κ1) is 13.3. The van der Waals surface area contributed by atoms with Crippen molar-refractivity contribution in [2.75, 3.05) is 18.1 Å². The summed E-state index contributed by atoms with van der Waals surface area (Å²) in [6.07, 6.45) is 0.879. The molecule has 0 spiro atoms. The molecule has 0 unspecified atom stereocenters. The molecule has 0 atom stereocenters. The molecule has 16 heavy (non-hydrogen) atoms. The predicted octanol–water partition coefficient (Wildman–Crippen LogP) is 1.37. The fourth-order valence-corrected chi connectivity index (χ4v) is 2.03. The molecule has 0 bridgehead atoms. The maximum Gasteiger partial charge on any atom is 0.151 e. The fraction of sp³-hybridized carbons (Fsp3) is 0.636. The van der Waals surface area contributed by atoms with Gasteiger partial charge in [-0.3, -0.25) is 0 Å². The molecule has 1 aromatic rings. The van der Waals surface area contributed by atoms with Crippen molar-refractivity contribution in [2.24, 2.45) is 0 Å². The van der Waals surface area contributed by atoms with Gasteiger partial charge in [0.15, 0.2) is 9.84 Å². The van der Waals surface area contributed by atoms with Gasteiger partial charge in [-0.15, -0.1) is 0 Å². The Balaban J connectivity index is 2.26. The minimum Gasteiger partial charge on any atom is -0.465 e. The molecule has 92 valence electrons. The minimum absolute atomic E-state index is 0.185. The molecule has 1 aromatic heterocycles. The van der Waals surface area contributed by atoms with Crippen LogP contribution in [0, 0.1) is 0 Å². The van der Waals surface area contributed by atoms with E-state index in [1.807, 2.05) is 19.1 Å². The Morgan fingerprint density at radius 2 is 1.94 bits per heavy atom. The summed E-state index contributed by atoms with van der Waals surface area (Å²) in [7, 11) is -2.87. The van der Waals surface area contributed by atoms with Crippen molar-refractivity contribution in [1.82, 2.24) is 5.32 Å². The Bertz CT molecular complexity index is 409. The third-order valence-corrected chi connectivity index (χ3v) is 4.10. The number of hydrogen-bond donors (Lipinski definition) is 1. The minimum atomic E-state index is -2.87. The van der Waals surface area contributed by atoms with Gasteiger partial charge in [-0.2, -0.15) is 0 Å². The van der Waals surface area contributed by atoms with Crippen LogP contribution in [0.15, 0.2) is 16.5 Å². The van der Waals surface area contributed by atoms with Crippen molar-refractivity contribution in [3.05, 3.63) is 23.7 Å². The monoisotopic (exact) mass is 245 g/mol. The van der Waals surface area contributed by atoms with Gasteiger partial charge in [0.25, 0.3) is 0 Å². The van der Waals surface area contributed by atoms with E-state index in [4.69, 9.17) is 4.42 Å². The van der Waals surface area contributed by atoms with Crippen molar-refractivity contribution in [2.45, 2.75) is 26.8 Å². The van der Waals surface area contributed by atoms with E-state index in [0.717, 1.165) is 17.9 Å². The second-order valence-electron chi connectivity index (χ2n) is 3.63. The zero-order chi connectivity index (χ0) is 12.0. The SMILES string of the molecule is CCc1ccc(CNCCS(=O)(=O)CC)o1. The topological polar surface area (TPSA) is 59.3 Å². The molecule has 0 radical (unpaired) electrons. The lowest BCUT2D eigenvalue weighted by molar-refractivity contribution is 0.453. The van der Waals surface area contributed by atoms with Gasteiger partial charge in [-0.25, -0.2) is 8.42 Å². The fourth-order valence-electron chi connectivity index (χ4n) is 1.29. The molecule has 0 saturated heterocycles. The second-order valence-corrected chi connectivity index (χ2v) is 6.11. The van der Waals surface area contributed by atoms with Crippen LogP contribution in [-0.2, 0) is 22.8 Å². The highest BCUT2D eigenvalue weighted by Crippen LogP contribution is 2.07. The normalized spacial score (nSPS) is 11.9. The third kappa shape index (κ3) is 4.37. The van der Waals surface area contributed by atoms with Gasteiger partial charge in [0.2, 0.25) is 0 Å². The molecule has 0 saturated carbocycles. The molecular formula is C11H19NO3S. The summed E-state index contributed by atoms with van der Waals surface area (Å²) in [5.74, 6) is 2.20. The van der Waals surface area contributed by atoms with Crippen LogP contribution in [0.4, 0.5) is 0 Å². The Labute approximate surface area is 97.0 Å². The highest BCUT2D eigenvalue weighted by atomic mass is 32.2. The summed E-state index contributed by atoms with van der Waals surface area (Å²) in [6.45, 7) is 4.75. The summed E-state index contributed by atoms with van der Waals surface area (Å²) in [4.78, 5) is 0. The van der Waals surface area contributed by atoms with E-state index in [9.17, 15) is 8.42 Å². The maximum atomic E-state index is 11.2. The van der Waals surface area contributed by atoms with Crippen molar-refractivity contribution in [3.63, 3.8) is 0 Å². The number of sulfone groups is 1. The van der Waals surface area contributed by atoms with Gasteiger partial charge in [-0.1, -0.05) is 13.8 Å². The van der Waals surface area contributed by atoms with Gasteiger partial charge < -0.3 is 9.73 Å². The number of nitrogens with one attached hydrogen (secondary N) is 1. The van der Waals surface area contributed by atoms with Crippen LogP contribution in [-0.4, -0.2) is 26.5 Å². The standard InChI is InChI=1S/C11H19NO3S/c1-3-10-5-6-11(15-10)9-12-7-8-16(13,14)4-2/h5-6,12H,3-4,7-9H2,1-2H3. The number of furan rings is 1. The summed E-state index contributed by atoms with van der Waals surface area (Å²) in [5, 5.41) is 3.06. The van der Waals surface area contributed by atoms with Gasteiger partial charge in [0, 0.05) is 18.7 Å². The number of hydrogen-bond acceptors (Lipinski definition) is 4. The molecule has 0 amide bonds. The van der Waals surface area contributed by atoms with Crippen molar-refractivity contribution in [3.8, 4) is 0 Å². The Morgan fingerprint density at radius 3 is 2.50 bits per heavy atom. The third-order valence-electron chi connectivity index (χ3n) is 2.39. The molecular weight excluding hydrogens is 226 g/mol. The van der Waals surface area contributed by atoms with E-state index in [1.54, 1.807) is 6.92 Å². The van der Waals surface area contributed by atoms with Gasteiger partial charge in [0.1, 0.15) is 11.5 Å². The maximum absolute atomic E-state index is 11.2. The van der Waals surface area contributed by atoms with Gasteiger partial charge in [-0.05, 0) is 12.1 Å². The lowest BCUT2D eigenvalue weighted by atomic mass is 10.3. The predicted molar refractivity (Wildman–Crippen MR) is 64.1 cm³/mol. The molecule has 1 N–H and O–H groups in total. The van der Waals surface area contributed by atoms with Crippen molar-refractivity contribution in [1.29, 1.82) is 0 Å². The molecule has 1 rings (SSSR count). The van der Waals surface area contributed by atoms with Crippen LogP contribution in [0.2, 0.25) is 0 Å². The van der Waals surface area contributed by atoms with Crippen LogP contribution >= 0.6 is 0 Å². The van der Waals surface area contributed by atoms with Crippen molar-refractivity contribution < 1.29 is 12.8 Å². The van der Waals surface area contributed by atoms with Crippen molar-refractivity contribution >= 4 is 9.84 Å². The van der Waals surface area contributed by atoms with E-state index in [2.05, 4.69) is 5.32 Å². The Morgan fingerprint density at radius 1 is 1.25 bits per heavy atom. The van der Waals surface area contributed by atoms with E-state index < -0.39 is 9.84 Å². The lowest BCUT2D eigenvalue weighted by Crippen LogP contribution is -2.23. The summed E-state index contributed by atoms with van der Waals surface area (Å²) >= 11 is 0. The molecule has 5 heteroatoms. The van der Waals surface area contributed by atoms with E-state index >= 15 is 0 Å². The smallest absolute Gasteiger partial charge is 0.151 e. The zero-order valence-corrected chi connectivity index (χ0v) is 10.6. The van der Waals surface area contributed by atoms with Crippen LogP contribution in [0.3, 0.4) is 0 Å². The highest BCUT2D eigenvalue weighted by molar-refractivity contribution is 7.91. The molecule has 0 aliphatic heterocycles. The highest BCUT2D eigenvalue weighted by Gasteiger charge is 2.06. The number of rotatable bonds is 7. The molecule has 0 aromatic carbocycles. The Hall–Kier alpha value is -0.810.